The van der Waals surface area contributed by atoms with E-state index in [2.05, 4.69) is 29.5 Å². The van der Waals surface area contributed by atoms with Crippen molar-refractivity contribution in [2.75, 3.05) is 25.0 Å². The molecule has 110 valence electrons. The maximum Gasteiger partial charge on any atom is 0.270 e. The molecule has 1 saturated heterocycles. The molecule has 5 nitrogen and oxygen atoms in total. The minimum atomic E-state index is -0.145. The summed E-state index contributed by atoms with van der Waals surface area (Å²) in [7, 11) is 0. The monoisotopic (exact) mass is 277 g/mol. The van der Waals surface area contributed by atoms with E-state index in [1.807, 2.05) is 6.07 Å². The lowest BCUT2D eigenvalue weighted by molar-refractivity contribution is 0.0854. The predicted molar refractivity (Wildman–Crippen MR) is 78.9 cm³/mol. The number of carbonyl (C=O) groups is 1. The van der Waals surface area contributed by atoms with E-state index >= 15 is 0 Å². The fraction of sp³-hybridized carbons (Fsp3) is 0.600. The summed E-state index contributed by atoms with van der Waals surface area (Å²) in [5.41, 5.74) is 1.37. The molecule has 1 aromatic heterocycles. The third kappa shape index (κ3) is 4.49. The van der Waals surface area contributed by atoms with Gasteiger partial charge in [0.05, 0.1) is 6.10 Å². The Kier molecular flexibility index (Phi) is 5.35. The van der Waals surface area contributed by atoms with Crippen molar-refractivity contribution in [1.82, 2.24) is 10.3 Å². The second-order valence-electron chi connectivity index (χ2n) is 5.55. The number of aromatic nitrogens is 1. The number of pyridine rings is 1. The van der Waals surface area contributed by atoms with Crippen LogP contribution in [0.3, 0.4) is 0 Å². The Balaban J connectivity index is 1.86. The van der Waals surface area contributed by atoms with E-state index in [1.165, 1.54) is 0 Å². The zero-order valence-corrected chi connectivity index (χ0v) is 12.2. The summed E-state index contributed by atoms with van der Waals surface area (Å²) in [6.07, 6.45) is 3.90. The van der Waals surface area contributed by atoms with Crippen LogP contribution < -0.4 is 10.6 Å². The number of anilines is 1. The molecule has 0 aromatic carbocycles. The van der Waals surface area contributed by atoms with Crippen molar-refractivity contribution in [3.63, 3.8) is 0 Å². The van der Waals surface area contributed by atoms with Crippen molar-refractivity contribution in [3.05, 3.63) is 24.0 Å². The molecule has 0 radical (unpaired) electrons. The molecule has 20 heavy (non-hydrogen) atoms. The van der Waals surface area contributed by atoms with Crippen LogP contribution in [0.5, 0.6) is 0 Å². The zero-order valence-electron chi connectivity index (χ0n) is 12.2. The summed E-state index contributed by atoms with van der Waals surface area (Å²) in [6, 6.07) is 3.66. The molecular formula is C15H23N3O2. The van der Waals surface area contributed by atoms with E-state index in [9.17, 15) is 4.79 Å². The van der Waals surface area contributed by atoms with Gasteiger partial charge in [0.15, 0.2) is 0 Å². The topological polar surface area (TPSA) is 63.2 Å². The SMILES string of the molecule is CC(C)CNc1ccnc(C(=O)NCC2CCCO2)c1. The Morgan fingerprint density at radius 3 is 3.10 bits per heavy atom. The molecule has 1 aliphatic heterocycles. The molecule has 2 N–H and O–H groups in total. The van der Waals surface area contributed by atoms with Gasteiger partial charge in [-0.05, 0) is 30.9 Å². The highest BCUT2D eigenvalue weighted by Gasteiger charge is 2.17. The van der Waals surface area contributed by atoms with Gasteiger partial charge in [-0.2, -0.15) is 0 Å². The van der Waals surface area contributed by atoms with E-state index in [-0.39, 0.29) is 12.0 Å². The Morgan fingerprint density at radius 1 is 1.55 bits per heavy atom. The molecule has 0 aliphatic carbocycles. The molecule has 1 amide bonds. The van der Waals surface area contributed by atoms with E-state index in [4.69, 9.17) is 4.74 Å². The van der Waals surface area contributed by atoms with E-state index in [0.717, 1.165) is 31.7 Å². The van der Waals surface area contributed by atoms with Gasteiger partial charge in [-0.3, -0.25) is 9.78 Å². The zero-order chi connectivity index (χ0) is 14.4. The van der Waals surface area contributed by atoms with Gasteiger partial charge in [0.25, 0.3) is 5.91 Å². The van der Waals surface area contributed by atoms with Crippen LogP contribution in [0.1, 0.15) is 37.2 Å². The highest BCUT2D eigenvalue weighted by molar-refractivity contribution is 5.93. The lowest BCUT2D eigenvalue weighted by Gasteiger charge is -2.12. The fourth-order valence-electron chi connectivity index (χ4n) is 2.09. The van der Waals surface area contributed by atoms with Crippen LogP contribution in [-0.2, 0) is 4.74 Å². The van der Waals surface area contributed by atoms with E-state index in [1.54, 1.807) is 12.3 Å². The molecule has 1 fully saturated rings. The molecule has 1 aromatic rings. The first-order valence-corrected chi connectivity index (χ1v) is 7.25. The number of ether oxygens (including phenoxy) is 1. The van der Waals surface area contributed by atoms with Crippen molar-refractivity contribution < 1.29 is 9.53 Å². The molecular weight excluding hydrogens is 254 g/mol. The quantitative estimate of drug-likeness (QED) is 0.835. The summed E-state index contributed by atoms with van der Waals surface area (Å²) in [4.78, 5) is 16.2. The molecule has 2 rings (SSSR count). The average Bonchev–Trinajstić information content (AvgIpc) is 2.96. The number of hydrogen-bond acceptors (Lipinski definition) is 4. The molecule has 1 atom stereocenters. The minimum Gasteiger partial charge on any atom is -0.385 e. The molecule has 1 aliphatic rings. The van der Waals surface area contributed by atoms with Crippen molar-refractivity contribution in [3.8, 4) is 0 Å². The van der Waals surface area contributed by atoms with Crippen LogP contribution >= 0.6 is 0 Å². The highest BCUT2D eigenvalue weighted by atomic mass is 16.5. The van der Waals surface area contributed by atoms with Gasteiger partial charge in [0.1, 0.15) is 5.69 Å². The number of nitrogens with one attached hydrogen (secondary N) is 2. The van der Waals surface area contributed by atoms with E-state index in [0.29, 0.717) is 18.2 Å². The second kappa shape index (κ2) is 7.24. The van der Waals surface area contributed by atoms with Crippen molar-refractivity contribution >= 4 is 11.6 Å². The van der Waals surface area contributed by atoms with Crippen LogP contribution in [0.25, 0.3) is 0 Å². The maximum absolute atomic E-state index is 12.0. The van der Waals surface area contributed by atoms with E-state index < -0.39 is 0 Å². The van der Waals surface area contributed by atoms with Gasteiger partial charge in [0, 0.05) is 31.6 Å². The average molecular weight is 277 g/mol. The molecule has 0 saturated carbocycles. The van der Waals surface area contributed by atoms with Crippen molar-refractivity contribution in [2.45, 2.75) is 32.8 Å². The number of amides is 1. The lowest BCUT2D eigenvalue weighted by Crippen LogP contribution is -2.32. The number of nitrogens with zero attached hydrogens (tertiary/aromatic N) is 1. The third-order valence-corrected chi connectivity index (χ3v) is 3.22. The van der Waals surface area contributed by atoms with Gasteiger partial charge in [-0.1, -0.05) is 13.8 Å². The Morgan fingerprint density at radius 2 is 2.40 bits per heavy atom. The van der Waals surface area contributed by atoms with Crippen LogP contribution in [0.15, 0.2) is 18.3 Å². The second-order valence-corrected chi connectivity index (χ2v) is 5.55. The summed E-state index contributed by atoms with van der Waals surface area (Å²) >= 11 is 0. The third-order valence-electron chi connectivity index (χ3n) is 3.22. The summed E-state index contributed by atoms with van der Waals surface area (Å²) in [5, 5.41) is 6.17. The summed E-state index contributed by atoms with van der Waals surface area (Å²) in [6.45, 7) is 6.52. The molecule has 5 heteroatoms. The van der Waals surface area contributed by atoms with Crippen LogP contribution in [0.4, 0.5) is 5.69 Å². The Labute approximate surface area is 120 Å². The molecule has 0 bridgehead atoms. The van der Waals surface area contributed by atoms with Gasteiger partial charge < -0.3 is 15.4 Å². The maximum atomic E-state index is 12.0. The molecule has 0 spiro atoms. The van der Waals surface area contributed by atoms with Crippen molar-refractivity contribution in [1.29, 1.82) is 0 Å². The largest absolute Gasteiger partial charge is 0.385 e. The Bertz CT molecular complexity index is 442. The molecule has 2 heterocycles. The first-order chi connectivity index (χ1) is 9.65. The van der Waals surface area contributed by atoms with Gasteiger partial charge in [-0.25, -0.2) is 0 Å². The first-order valence-electron chi connectivity index (χ1n) is 7.25. The predicted octanol–water partition coefficient (Wildman–Crippen LogP) is 2.06. The fourth-order valence-corrected chi connectivity index (χ4v) is 2.09. The van der Waals surface area contributed by atoms with Gasteiger partial charge >= 0.3 is 0 Å². The smallest absolute Gasteiger partial charge is 0.270 e. The summed E-state index contributed by atoms with van der Waals surface area (Å²) < 4.78 is 5.48. The van der Waals surface area contributed by atoms with Crippen LogP contribution in [0, 0.1) is 5.92 Å². The summed E-state index contributed by atoms with van der Waals surface area (Å²) in [5.74, 6) is 0.411. The van der Waals surface area contributed by atoms with Crippen LogP contribution in [-0.4, -0.2) is 36.7 Å². The van der Waals surface area contributed by atoms with Crippen LogP contribution in [0.2, 0.25) is 0 Å². The van der Waals surface area contributed by atoms with Gasteiger partial charge in [0.2, 0.25) is 0 Å². The number of hydrogen-bond donors (Lipinski definition) is 2. The molecule has 1 unspecified atom stereocenters. The van der Waals surface area contributed by atoms with Crippen molar-refractivity contribution in [2.24, 2.45) is 5.92 Å². The minimum absolute atomic E-state index is 0.145. The highest BCUT2D eigenvalue weighted by Crippen LogP contribution is 2.12. The number of rotatable bonds is 6. The standard InChI is InChI=1S/C15H23N3O2/c1-11(2)9-17-12-5-6-16-14(8-12)15(19)18-10-13-4-3-7-20-13/h5-6,8,11,13H,3-4,7,9-10H2,1-2H3,(H,16,17)(H,18,19). The normalized spacial score (nSPS) is 18.2. The first kappa shape index (κ1) is 14.8. The Hall–Kier alpha value is -1.62. The number of carbonyl (C=O) groups excluding carboxylic acids is 1. The lowest BCUT2D eigenvalue weighted by atomic mass is 10.2. The van der Waals surface area contributed by atoms with Gasteiger partial charge in [-0.15, -0.1) is 0 Å².